The zero-order valence-corrected chi connectivity index (χ0v) is 19.0. The first-order valence-corrected chi connectivity index (χ1v) is 10.7. The van der Waals surface area contributed by atoms with Crippen molar-refractivity contribution in [3.05, 3.63) is 73.0 Å². The highest BCUT2D eigenvalue weighted by atomic mass is 127. The van der Waals surface area contributed by atoms with Gasteiger partial charge in [-0.1, -0.05) is 31.2 Å². The molecule has 0 spiro atoms. The lowest BCUT2D eigenvalue weighted by Crippen LogP contribution is -2.31. The Morgan fingerprint density at radius 1 is 1.08 bits per heavy atom. The Hall–Kier alpha value is -1.22. The maximum absolute atomic E-state index is 11.9. The third-order valence-electron chi connectivity index (χ3n) is 4.44. The third kappa shape index (κ3) is 4.54. The van der Waals surface area contributed by atoms with Gasteiger partial charge in [-0.15, -0.1) is 0 Å². The van der Waals surface area contributed by atoms with Gasteiger partial charge in [0.15, 0.2) is 0 Å². The summed E-state index contributed by atoms with van der Waals surface area (Å²) < 4.78 is 2.34. The highest BCUT2D eigenvalue weighted by Crippen LogP contribution is 2.35. The molecule has 0 bridgehead atoms. The molecule has 1 N–H and O–H groups in total. The van der Waals surface area contributed by atoms with E-state index in [0.717, 1.165) is 28.6 Å². The van der Waals surface area contributed by atoms with Gasteiger partial charge in [-0.25, -0.2) is 0 Å². The number of carbonyl (C=O) groups is 1. The molecule has 3 nitrogen and oxygen atoms in total. The van der Waals surface area contributed by atoms with Gasteiger partial charge in [0.25, 0.3) is 0 Å². The van der Waals surface area contributed by atoms with Crippen molar-refractivity contribution in [2.75, 3.05) is 0 Å². The zero-order valence-electron chi connectivity index (χ0n) is 14.7. The van der Waals surface area contributed by atoms with E-state index in [1.54, 1.807) is 6.92 Å². The Morgan fingerprint density at radius 2 is 1.77 bits per heavy atom. The third-order valence-corrected chi connectivity index (χ3v) is 5.69. The lowest BCUT2D eigenvalue weighted by molar-refractivity contribution is -0.119. The van der Waals surface area contributed by atoms with Crippen LogP contribution in [0.5, 0.6) is 0 Å². The molecule has 0 radical (unpaired) electrons. The van der Waals surface area contributed by atoms with Gasteiger partial charge in [0.05, 0.1) is 11.6 Å². The van der Waals surface area contributed by atoms with Crippen molar-refractivity contribution < 1.29 is 4.79 Å². The van der Waals surface area contributed by atoms with E-state index >= 15 is 0 Å². The van der Waals surface area contributed by atoms with Gasteiger partial charge in [-0.05, 0) is 87.5 Å². The van der Waals surface area contributed by atoms with E-state index in [9.17, 15) is 4.79 Å². The van der Waals surface area contributed by atoms with Gasteiger partial charge in [-0.2, -0.15) is 0 Å². The average molecular weight is 570 g/mol. The standard InChI is InChI=1S/C21H20I2N2O/c1-3-18(20-9-8-14-6-4-5-7-19(14)25-20)21(24-13(2)26)15-10-16(22)12-17(23)11-15/h4-12,18,21H,3H2,1-2H3,(H,24,26)/t18-,21-/m1/s1. The minimum Gasteiger partial charge on any atom is -0.349 e. The number of carbonyl (C=O) groups excluding carboxylic acids is 1. The van der Waals surface area contributed by atoms with Crippen molar-refractivity contribution in [2.24, 2.45) is 0 Å². The minimum atomic E-state index is -0.102. The number of nitrogens with zero attached hydrogens (tertiary/aromatic N) is 1. The Morgan fingerprint density at radius 3 is 2.42 bits per heavy atom. The lowest BCUT2D eigenvalue weighted by atomic mass is 9.87. The molecule has 0 fully saturated rings. The molecule has 1 amide bonds. The van der Waals surface area contributed by atoms with Gasteiger partial charge in [0, 0.05) is 31.1 Å². The number of hydrogen-bond acceptors (Lipinski definition) is 2. The Kier molecular flexibility index (Phi) is 6.50. The first-order chi connectivity index (χ1) is 12.5. The topological polar surface area (TPSA) is 42.0 Å². The maximum atomic E-state index is 11.9. The van der Waals surface area contributed by atoms with Crippen LogP contribution in [0.2, 0.25) is 0 Å². The van der Waals surface area contributed by atoms with Gasteiger partial charge in [0.1, 0.15) is 0 Å². The van der Waals surface area contributed by atoms with Crippen LogP contribution in [0.25, 0.3) is 10.9 Å². The number of fused-ring (bicyclic) bond motifs is 1. The number of rotatable bonds is 5. The summed E-state index contributed by atoms with van der Waals surface area (Å²) in [4.78, 5) is 16.8. The second-order valence-electron chi connectivity index (χ2n) is 6.32. The number of aromatic nitrogens is 1. The predicted molar refractivity (Wildman–Crippen MR) is 123 cm³/mol. The molecule has 0 saturated heterocycles. The van der Waals surface area contributed by atoms with E-state index in [2.05, 4.69) is 93.8 Å². The normalized spacial score (nSPS) is 13.4. The van der Waals surface area contributed by atoms with E-state index in [1.165, 1.54) is 7.14 Å². The average Bonchev–Trinajstić information content (AvgIpc) is 2.60. The van der Waals surface area contributed by atoms with Crippen LogP contribution < -0.4 is 5.32 Å². The number of hydrogen-bond donors (Lipinski definition) is 1. The van der Waals surface area contributed by atoms with Crippen LogP contribution in [0.3, 0.4) is 0 Å². The molecule has 3 aromatic rings. The molecular weight excluding hydrogens is 550 g/mol. The number of pyridine rings is 1. The molecule has 1 aromatic heterocycles. The molecule has 0 aliphatic rings. The summed E-state index contributed by atoms with van der Waals surface area (Å²) in [6, 6.07) is 18.7. The molecule has 134 valence electrons. The van der Waals surface area contributed by atoms with Crippen molar-refractivity contribution in [2.45, 2.75) is 32.2 Å². The molecular formula is C21H20I2N2O. The number of para-hydroxylation sites is 1. The minimum absolute atomic E-state index is 0.0249. The second-order valence-corrected chi connectivity index (χ2v) is 8.82. The van der Waals surface area contributed by atoms with Gasteiger partial charge < -0.3 is 5.32 Å². The molecule has 5 heteroatoms. The summed E-state index contributed by atoms with van der Waals surface area (Å²) in [5.41, 5.74) is 3.12. The molecule has 26 heavy (non-hydrogen) atoms. The smallest absolute Gasteiger partial charge is 0.217 e. The van der Waals surface area contributed by atoms with Crippen LogP contribution in [0.15, 0.2) is 54.6 Å². The van der Waals surface area contributed by atoms with Crippen LogP contribution in [-0.2, 0) is 4.79 Å². The fourth-order valence-electron chi connectivity index (χ4n) is 3.29. The Balaban J connectivity index is 2.07. The lowest BCUT2D eigenvalue weighted by Gasteiger charge is -2.27. The summed E-state index contributed by atoms with van der Waals surface area (Å²) >= 11 is 4.65. The first kappa shape index (κ1) is 19.5. The fraction of sp³-hybridized carbons (Fsp3) is 0.238. The molecule has 1 heterocycles. The van der Waals surface area contributed by atoms with E-state index in [-0.39, 0.29) is 17.9 Å². The van der Waals surface area contributed by atoms with Crippen LogP contribution in [0, 0.1) is 7.14 Å². The second kappa shape index (κ2) is 8.65. The maximum Gasteiger partial charge on any atom is 0.217 e. The van der Waals surface area contributed by atoms with E-state index in [1.807, 2.05) is 18.2 Å². The summed E-state index contributed by atoms with van der Waals surface area (Å²) in [7, 11) is 0. The van der Waals surface area contributed by atoms with Crippen LogP contribution in [0.1, 0.15) is 43.5 Å². The molecule has 2 atom stereocenters. The summed E-state index contributed by atoms with van der Waals surface area (Å²) in [5, 5.41) is 4.29. The van der Waals surface area contributed by atoms with E-state index < -0.39 is 0 Å². The van der Waals surface area contributed by atoms with Gasteiger partial charge >= 0.3 is 0 Å². The largest absolute Gasteiger partial charge is 0.349 e. The monoisotopic (exact) mass is 570 g/mol. The highest BCUT2D eigenvalue weighted by Gasteiger charge is 2.26. The van der Waals surface area contributed by atoms with Crippen molar-refractivity contribution >= 4 is 62.0 Å². The van der Waals surface area contributed by atoms with Gasteiger partial charge in [-0.3, -0.25) is 9.78 Å². The number of amides is 1. The Labute approximate surface area is 181 Å². The fourth-order valence-corrected chi connectivity index (χ4v) is 5.28. The summed E-state index contributed by atoms with van der Waals surface area (Å²) in [6.07, 6.45) is 0.887. The zero-order chi connectivity index (χ0) is 18.7. The van der Waals surface area contributed by atoms with Crippen LogP contribution in [0.4, 0.5) is 0 Å². The predicted octanol–water partition coefficient (Wildman–Crippen LogP) is 5.82. The van der Waals surface area contributed by atoms with Crippen LogP contribution in [-0.4, -0.2) is 10.9 Å². The molecule has 0 saturated carbocycles. The quantitative estimate of drug-likeness (QED) is 0.394. The molecule has 2 aromatic carbocycles. The summed E-state index contributed by atoms with van der Waals surface area (Å²) in [6.45, 7) is 3.72. The summed E-state index contributed by atoms with van der Waals surface area (Å²) in [5.74, 6) is 0.0839. The van der Waals surface area contributed by atoms with Crippen molar-refractivity contribution in [1.29, 1.82) is 0 Å². The van der Waals surface area contributed by atoms with Crippen LogP contribution >= 0.6 is 45.2 Å². The number of nitrogens with one attached hydrogen (secondary N) is 1. The molecule has 3 rings (SSSR count). The van der Waals surface area contributed by atoms with Crippen molar-refractivity contribution in [1.82, 2.24) is 10.3 Å². The molecule has 0 aliphatic carbocycles. The number of halogens is 2. The van der Waals surface area contributed by atoms with E-state index in [4.69, 9.17) is 4.98 Å². The highest BCUT2D eigenvalue weighted by molar-refractivity contribution is 14.1. The number of benzene rings is 2. The Bertz CT molecular complexity index is 922. The van der Waals surface area contributed by atoms with Crippen molar-refractivity contribution in [3.8, 4) is 0 Å². The first-order valence-electron chi connectivity index (χ1n) is 8.56. The SMILES string of the molecule is CC[C@H](c1ccc2ccccc2n1)[C@H](NC(C)=O)c1cc(I)cc(I)c1. The van der Waals surface area contributed by atoms with E-state index in [0.29, 0.717) is 0 Å². The van der Waals surface area contributed by atoms with Crippen molar-refractivity contribution in [3.63, 3.8) is 0 Å². The van der Waals surface area contributed by atoms with Gasteiger partial charge in [0.2, 0.25) is 5.91 Å². The molecule has 0 unspecified atom stereocenters. The molecule has 0 aliphatic heterocycles.